The molecule has 0 bridgehead atoms. The van der Waals surface area contributed by atoms with Crippen molar-refractivity contribution in [1.82, 2.24) is 9.36 Å². The van der Waals surface area contributed by atoms with Gasteiger partial charge >= 0.3 is 6.01 Å². The molecule has 1 aromatic rings. The molecule has 48 valence electrons. The Balaban J connectivity index is 2.72. The molecule has 0 aliphatic heterocycles. The Morgan fingerprint density at radius 3 is 3.00 bits per heavy atom. The predicted octanol–water partition coefficient (Wildman–Crippen LogP) is 0.456. The molecule has 0 radical (unpaired) electrons. The van der Waals surface area contributed by atoms with Gasteiger partial charge in [-0.05, 0) is 12.2 Å². The van der Waals surface area contributed by atoms with Crippen molar-refractivity contribution in [2.75, 3.05) is 5.73 Å². The van der Waals surface area contributed by atoms with E-state index in [4.69, 9.17) is 5.73 Å². The average molecular weight is 161 g/mol. The Kier molecular flexibility index (Phi) is 1.91. The van der Waals surface area contributed by atoms with Crippen molar-refractivity contribution in [2.24, 2.45) is 0 Å². The van der Waals surface area contributed by atoms with Gasteiger partial charge in [0, 0.05) is 11.5 Å². The number of thiocarbonyl (C=S) groups is 1. The summed E-state index contributed by atoms with van der Waals surface area (Å²) < 4.78 is 8.32. The normalized spacial score (nSPS) is 8.89. The zero-order chi connectivity index (χ0) is 6.69. The maximum Gasteiger partial charge on any atom is 0.336 e. The van der Waals surface area contributed by atoms with Crippen LogP contribution in [0.2, 0.25) is 0 Å². The van der Waals surface area contributed by atoms with Crippen LogP contribution in [-0.2, 0) is 0 Å². The van der Waals surface area contributed by atoms with Gasteiger partial charge in [-0.25, -0.2) is 0 Å². The Morgan fingerprint density at radius 1 is 1.78 bits per heavy atom. The Bertz CT molecular complexity index is 211. The summed E-state index contributed by atoms with van der Waals surface area (Å²) in [5.41, 5.74) is 6.31. The van der Waals surface area contributed by atoms with Crippen LogP contribution in [0.25, 0.3) is 0 Å². The van der Waals surface area contributed by atoms with Crippen molar-refractivity contribution >= 4 is 34.4 Å². The number of nitrogens with zero attached hydrogens (tertiary/aromatic N) is 2. The second-order valence-corrected chi connectivity index (χ2v) is 2.11. The first kappa shape index (κ1) is 6.37. The van der Waals surface area contributed by atoms with E-state index in [0.717, 1.165) is 17.1 Å². The molecule has 0 saturated carbocycles. The first-order valence-corrected chi connectivity index (χ1v) is 3.27. The molecule has 0 spiro atoms. The highest BCUT2D eigenvalue weighted by Crippen LogP contribution is 2.10. The van der Waals surface area contributed by atoms with Gasteiger partial charge in [0.2, 0.25) is 5.13 Å². The van der Waals surface area contributed by atoms with E-state index in [-0.39, 0.29) is 6.01 Å². The molecule has 0 aliphatic carbocycles. The highest BCUT2D eigenvalue weighted by atomic mass is 32.1. The topological polar surface area (TPSA) is 61.0 Å². The lowest BCUT2D eigenvalue weighted by molar-refractivity contribution is 0.544. The lowest BCUT2D eigenvalue weighted by atomic mass is 11.1. The SMILES string of the molecule is Nc1nc(OC=S)ns1. The van der Waals surface area contributed by atoms with Gasteiger partial charge in [-0.15, -0.1) is 4.37 Å². The largest absolute Gasteiger partial charge is 0.420 e. The van der Waals surface area contributed by atoms with Crippen LogP contribution in [0.1, 0.15) is 0 Å². The fraction of sp³-hybridized carbons (Fsp3) is 0. The maximum atomic E-state index is 5.23. The summed E-state index contributed by atoms with van der Waals surface area (Å²) in [6.07, 6.45) is 0. The van der Waals surface area contributed by atoms with E-state index in [1.165, 1.54) is 0 Å². The van der Waals surface area contributed by atoms with Gasteiger partial charge in [0.25, 0.3) is 0 Å². The van der Waals surface area contributed by atoms with Gasteiger partial charge in [0.15, 0.2) is 5.55 Å². The van der Waals surface area contributed by atoms with E-state index in [1.807, 2.05) is 0 Å². The maximum absolute atomic E-state index is 5.23. The Labute approximate surface area is 60.8 Å². The van der Waals surface area contributed by atoms with Crippen LogP contribution in [0.15, 0.2) is 0 Å². The molecule has 1 heterocycles. The molecule has 6 heteroatoms. The summed E-state index contributed by atoms with van der Waals surface area (Å²) in [4.78, 5) is 3.67. The lowest BCUT2D eigenvalue weighted by Gasteiger charge is -1.83. The van der Waals surface area contributed by atoms with Gasteiger partial charge in [-0.3, -0.25) is 0 Å². The Hall–Kier alpha value is -0.750. The van der Waals surface area contributed by atoms with Gasteiger partial charge in [-0.1, -0.05) is 0 Å². The number of rotatable bonds is 2. The molecule has 0 saturated heterocycles. The van der Waals surface area contributed by atoms with E-state index >= 15 is 0 Å². The quantitative estimate of drug-likeness (QED) is 0.638. The molecule has 1 aromatic heterocycles. The van der Waals surface area contributed by atoms with Crippen LogP contribution in [0.3, 0.4) is 0 Å². The van der Waals surface area contributed by atoms with E-state index in [0.29, 0.717) is 5.13 Å². The number of aromatic nitrogens is 2. The Morgan fingerprint density at radius 2 is 2.56 bits per heavy atom. The average Bonchev–Trinajstić information content (AvgIpc) is 2.17. The zero-order valence-corrected chi connectivity index (χ0v) is 5.91. The van der Waals surface area contributed by atoms with Crippen LogP contribution in [0.4, 0.5) is 5.13 Å². The zero-order valence-electron chi connectivity index (χ0n) is 4.27. The summed E-state index contributed by atoms with van der Waals surface area (Å²) in [5.74, 6) is 0. The highest BCUT2D eigenvalue weighted by Gasteiger charge is 1.97. The van der Waals surface area contributed by atoms with Crippen LogP contribution in [-0.4, -0.2) is 14.9 Å². The van der Waals surface area contributed by atoms with Crippen LogP contribution in [0.5, 0.6) is 6.01 Å². The van der Waals surface area contributed by atoms with Crippen LogP contribution in [0, 0.1) is 0 Å². The van der Waals surface area contributed by atoms with E-state index in [2.05, 4.69) is 26.3 Å². The summed E-state index contributed by atoms with van der Waals surface area (Å²) in [6.45, 7) is 0. The molecule has 2 N–H and O–H groups in total. The van der Waals surface area contributed by atoms with Crippen molar-refractivity contribution < 1.29 is 4.74 Å². The molecule has 0 amide bonds. The molecule has 1 rings (SSSR count). The molecule has 9 heavy (non-hydrogen) atoms. The molecule has 0 aliphatic rings. The number of hydrogen-bond acceptors (Lipinski definition) is 6. The van der Waals surface area contributed by atoms with Crippen LogP contribution >= 0.6 is 23.8 Å². The number of hydrogen-bond donors (Lipinski definition) is 1. The van der Waals surface area contributed by atoms with Crippen LogP contribution < -0.4 is 10.5 Å². The first-order chi connectivity index (χ1) is 4.33. The van der Waals surface area contributed by atoms with Gasteiger partial charge in [-0.2, -0.15) is 4.98 Å². The van der Waals surface area contributed by atoms with Gasteiger partial charge < -0.3 is 10.5 Å². The van der Waals surface area contributed by atoms with Crippen molar-refractivity contribution in [2.45, 2.75) is 0 Å². The van der Waals surface area contributed by atoms with Crippen molar-refractivity contribution in [3.8, 4) is 6.01 Å². The monoisotopic (exact) mass is 161 g/mol. The van der Waals surface area contributed by atoms with Crippen molar-refractivity contribution in [1.29, 1.82) is 0 Å². The number of nitrogens with two attached hydrogens (primary N) is 1. The molecular weight excluding hydrogens is 158 g/mol. The number of ether oxygens (including phenoxy) is 1. The third-order valence-corrected chi connectivity index (χ3v) is 1.20. The fourth-order valence-corrected chi connectivity index (χ4v) is 0.772. The standard InChI is InChI=1S/C3H3N3OS2/c4-2-5-3(6-9-2)7-1-8/h1H,(H2,4,5,6). The van der Waals surface area contributed by atoms with Gasteiger partial charge in [0.05, 0.1) is 0 Å². The van der Waals surface area contributed by atoms with E-state index in [9.17, 15) is 0 Å². The summed E-state index contributed by atoms with van der Waals surface area (Å²) >= 11 is 5.45. The lowest BCUT2D eigenvalue weighted by Crippen LogP contribution is -1.88. The summed E-state index contributed by atoms with van der Waals surface area (Å²) in [6, 6.07) is 0.215. The second-order valence-electron chi connectivity index (χ2n) is 1.13. The molecule has 0 fully saturated rings. The third kappa shape index (κ3) is 1.58. The number of nitrogen functional groups attached to an aromatic ring is 1. The third-order valence-electron chi connectivity index (χ3n) is 0.577. The predicted molar refractivity (Wildman–Crippen MR) is 38.6 cm³/mol. The smallest absolute Gasteiger partial charge is 0.336 e. The minimum Gasteiger partial charge on any atom is -0.420 e. The van der Waals surface area contributed by atoms with Gasteiger partial charge in [0.1, 0.15) is 0 Å². The van der Waals surface area contributed by atoms with Crippen molar-refractivity contribution in [3.05, 3.63) is 0 Å². The fourth-order valence-electron chi connectivity index (χ4n) is 0.312. The number of anilines is 1. The minimum absolute atomic E-state index is 0.215. The molecule has 4 nitrogen and oxygen atoms in total. The molecule has 0 atom stereocenters. The minimum atomic E-state index is 0.215. The second kappa shape index (κ2) is 2.70. The van der Waals surface area contributed by atoms with E-state index in [1.54, 1.807) is 0 Å². The first-order valence-electron chi connectivity index (χ1n) is 2.02. The summed E-state index contributed by atoms with van der Waals surface area (Å²) in [5, 5.41) is 0.377. The molecule has 0 unspecified atom stereocenters. The summed E-state index contributed by atoms with van der Waals surface area (Å²) in [7, 11) is 0. The molecule has 0 aromatic carbocycles. The molecular formula is C3H3N3OS2. The van der Waals surface area contributed by atoms with E-state index < -0.39 is 0 Å². The van der Waals surface area contributed by atoms with Crippen molar-refractivity contribution in [3.63, 3.8) is 0 Å². The highest BCUT2D eigenvalue weighted by molar-refractivity contribution is 7.78.